The fourth-order valence-electron chi connectivity index (χ4n) is 3.07. The van der Waals surface area contributed by atoms with Gasteiger partial charge in [-0.15, -0.1) is 0 Å². The van der Waals surface area contributed by atoms with Crippen molar-refractivity contribution in [2.45, 2.75) is 4.90 Å². The summed E-state index contributed by atoms with van der Waals surface area (Å²) in [5.41, 5.74) is 2.26. The number of fused-ring (bicyclic) bond motifs is 5. The van der Waals surface area contributed by atoms with Gasteiger partial charge in [-0.1, -0.05) is 11.6 Å². The van der Waals surface area contributed by atoms with Crippen LogP contribution >= 0.6 is 11.6 Å². The third-order valence-electron chi connectivity index (χ3n) is 4.29. The largest absolute Gasteiger partial charge is 0.345 e. The molecule has 0 bridgehead atoms. The molecule has 0 atom stereocenters. The van der Waals surface area contributed by atoms with E-state index < -0.39 is 10.0 Å². The molecule has 6 nitrogen and oxygen atoms in total. The van der Waals surface area contributed by atoms with E-state index in [1.165, 1.54) is 17.0 Å². The number of amides is 1. The quantitative estimate of drug-likeness (QED) is 0.694. The summed E-state index contributed by atoms with van der Waals surface area (Å²) in [6, 6.07) is 9.74. The molecule has 1 aliphatic rings. The van der Waals surface area contributed by atoms with Gasteiger partial charge in [0, 0.05) is 42.4 Å². The van der Waals surface area contributed by atoms with E-state index in [1.807, 2.05) is 0 Å². The Morgan fingerprint density at radius 2 is 1.92 bits per heavy atom. The third kappa shape index (κ3) is 2.43. The van der Waals surface area contributed by atoms with E-state index in [1.54, 1.807) is 44.6 Å². The standard InChI is InChI=1S/C18H14ClN3O3S/c1-22(2)18(23)10-5-6-15-12(8-10)13-9-14(19)11-4-3-7-20-16(11)17(13)21-26(15,24)25/h3-9,21H,1-2H3. The Bertz CT molecular complexity index is 1190. The number of carbonyl (C=O) groups excluding carboxylic acids is 1. The molecule has 0 saturated heterocycles. The molecule has 1 aliphatic heterocycles. The monoisotopic (exact) mass is 387 g/mol. The molecule has 0 saturated carbocycles. The number of hydrogen-bond acceptors (Lipinski definition) is 4. The number of anilines is 1. The summed E-state index contributed by atoms with van der Waals surface area (Å²) >= 11 is 6.39. The third-order valence-corrected chi connectivity index (χ3v) is 6.01. The van der Waals surface area contributed by atoms with Gasteiger partial charge in [0.05, 0.1) is 21.1 Å². The topological polar surface area (TPSA) is 79.4 Å². The molecule has 3 aromatic rings. The first kappa shape index (κ1) is 16.8. The molecular formula is C18H14ClN3O3S. The van der Waals surface area contributed by atoms with Crippen LogP contribution in [0.15, 0.2) is 47.5 Å². The maximum absolute atomic E-state index is 12.7. The average molecular weight is 388 g/mol. The van der Waals surface area contributed by atoms with E-state index in [2.05, 4.69) is 9.71 Å². The molecule has 0 spiro atoms. The summed E-state index contributed by atoms with van der Waals surface area (Å²) in [4.78, 5) is 18.1. The molecule has 1 aromatic heterocycles. The van der Waals surface area contributed by atoms with E-state index in [9.17, 15) is 13.2 Å². The lowest BCUT2D eigenvalue weighted by Gasteiger charge is -2.24. The van der Waals surface area contributed by atoms with Crippen LogP contribution < -0.4 is 4.72 Å². The van der Waals surface area contributed by atoms with Crippen LogP contribution in [-0.4, -0.2) is 38.3 Å². The van der Waals surface area contributed by atoms with Crippen molar-refractivity contribution < 1.29 is 13.2 Å². The van der Waals surface area contributed by atoms with Gasteiger partial charge in [-0.05, 0) is 36.4 Å². The van der Waals surface area contributed by atoms with Crippen molar-refractivity contribution in [1.29, 1.82) is 0 Å². The molecule has 1 amide bonds. The lowest BCUT2D eigenvalue weighted by molar-refractivity contribution is 0.0827. The number of sulfonamides is 1. The Labute approximate surface area is 155 Å². The van der Waals surface area contributed by atoms with Crippen LogP contribution in [0.25, 0.3) is 22.0 Å². The highest BCUT2D eigenvalue weighted by Gasteiger charge is 2.30. The van der Waals surface area contributed by atoms with E-state index in [4.69, 9.17) is 11.6 Å². The smallest absolute Gasteiger partial charge is 0.262 e. The highest BCUT2D eigenvalue weighted by molar-refractivity contribution is 7.93. The minimum Gasteiger partial charge on any atom is -0.345 e. The lowest BCUT2D eigenvalue weighted by atomic mass is 9.98. The van der Waals surface area contributed by atoms with Gasteiger partial charge in [0.1, 0.15) is 0 Å². The number of aromatic nitrogens is 1. The van der Waals surface area contributed by atoms with Gasteiger partial charge < -0.3 is 4.90 Å². The Morgan fingerprint density at radius 3 is 2.65 bits per heavy atom. The van der Waals surface area contributed by atoms with Gasteiger partial charge in [0.25, 0.3) is 15.9 Å². The number of hydrogen-bond donors (Lipinski definition) is 1. The summed E-state index contributed by atoms with van der Waals surface area (Å²) in [5, 5.41) is 1.11. The normalized spacial score (nSPS) is 14.3. The number of benzene rings is 2. The Balaban J connectivity index is 2.08. The summed E-state index contributed by atoms with van der Waals surface area (Å²) in [5.74, 6) is -0.213. The molecule has 2 aromatic carbocycles. The van der Waals surface area contributed by atoms with Gasteiger partial charge in [-0.25, -0.2) is 8.42 Å². The van der Waals surface area contributed by atoms with Crippen molar-refractivity contribution in [2.24, 2.45) is 0 Å². The zero-order valence-corrected chi connectivity index (χ0v) is 15.5. The lowest BCUT2D eigenvalue weighted by Crippen LogP contribution is -2.23. The van der Waals surface area contributed by atoms with Crippen LogP contribution in [0.1, 0.15) is 10.4 Å². The molecule has 0 fully saturated rings. The number of rotatable bonds is 1. The summed E-state index contributed by atoms with van der Waals surface area (Å²) in [6.45, 7) is 0. The second-order valence-corrected chi connectivity index (χ2v) is 8.25. The molecule has 132 valence electrons. The molecular weight excluding hydrogens is 374 g/mol. The Hall–Kier alpha value is -2.64. The van der Waals surface area contributed by atoms with Crippen molar-refractivity contribution in [3.05, 3.63) is 53.2 Å². The van der Waals surface area contributed by atoms with Crippen LogP contribution in [0.5, 0.6) is 0 Å². The average Bonchev–Trinajstić information content (AvgIpc) is 2.62. The van der Waals surface area contributed by atoms with Gasteiger partial charge in [-0.2, -0.15) is 0 Å². The maximum Gasteiger partial charge on any atom is 0.262 e. The van der Waals surface area contributed by atoms with Crippen molar-refractivity contribution in [2.75, 3.05) is 18.8 Å². The van der Waals surface area contributed by atoms with Gasteiger partial charge in [-0.3, -0.25) is 14.5 Å². The van der Waals surface area contributed by atoms with Crippen molar-refractivity contribution in [3.8, 4) is 11.1 Å². The summed E-state index contributed by atoms with van der Waals surface area (Å²) < 4.78 is 28.0. The highest BCUT2D eigenvalue weighted by atomic mass is 35.5. The molecule has 26 heavy (non-hydrogen) atoms. The van der Waals surface area contributed by atoms with Crippen molar-refractivity contribution in [3.63, 3.8) is 0 Å². The van der Waals surface area contributed by atoms with E-state index in [-0.39, 0.29) is 10.8 Å². The second-order valence-electron chi connectivity index (χ2n) is 6.20. The molecule has 0 radical (unpaired) electrons. The minimum absolute atomic E-state index is 0.103. The fourth-order valence-corrected chi connectivity index (χ4v) is 4.63. The minimum atomic E-state index is -3.78. The second kappa shape index (κ2) is 5.69. The number of pyridine rings is 1. The summed E-state index contributed by atoms with van der Waals surface area (Å²) in [6.07, 6.45) is 1.58. The first-order valence-corrected chi connectivity index (χ1v) is 9.62. The highest BCUT2D eigenvalue weighted by Crippen LogP contribution is 2.44. The SMILES string of the molecule is CN(C)C(=O)c1ccc2c(c1)-c1cc(Cl)c3cccnc3c1NS2(=O)=O. The fraction of sp³-hybridized carbons (Fsp3) is 0.111. The predicted molar refractivity (Wildman–Crippen MR) is 101 cm³/mol. The van der Waals surface area contributed by atoms with Crippen LogP contribution in [0.4, 0.5) is 5.69 Å². The number of halogens is 1. The van der Waals surface area contributed by atoms with E-state index in [0.29, 0.717) is 38.3 Å². The van der Waals surface area contributed by atoms with Crippen LogP contribution in [0.2, 0.25) is 5.02 Å². The molecule has 1 N–H and O–H groups in total. The Morgan fingerprint density at radius 1 is 1.15 bits per heavy atom. The van der Waals surface area contributed by atoms with Crippen molar-refractivity contribution in [1.82, 2.24) is 9.88 Å². The summed E-state index contributed by atoms with van der Waals surface area (Å²) in [7, 11) is -0.498. The van der Waals surface area contributed by atoms with Crippen LogP contribution in [0.3, 0.4) is 0 Å². The first-order valence-electron chi connectivity index (χ1n) is 7.76. The molecule has 8 heteroatoms. The molecule has 0 aliphatic carbocycles. The van der Waals surface area contributed by atoms with Gasteiger partial charge >= 0.3 is 0 Å². The van der Waals surface area contributed by atoms with Crippen molar-refractivity contribution >= 4 is 44.1 Å². The molecule has 4 rings (SSSR count). The van der Waals surface area contributed by atoms with Crippen LogP contribution in [-0.2, 0) is 10.0 Å². The number of carbonyl (C=O) groups is 1. The zero-order valence-electron chi connectivity index (χ0n) is 13.9. The molecule has 2 heterocycles. The predicted octanol–water partition coefficient (Wildman–Crippen LogP) is 3.37. The maximum atomic E-state index is 12.7. The van der Waals surface area contributed by atoms with E-state index >= 15 is 0 Å². The van der Waals surface area contributed by atoms with Crippen LogP contribution in [0, 0.1) is 0 Å². The zero-order chi connectivity index (χ0) is 18.6. The van der Waals surface area contributed by atoms with E-state index in [0.717, 1.165) is 0 Å². The van der Waals surface area contributed by atoms with Gasteiger partial charge in [0.2, 0.25) is 0 Å². The molecule has 0 unspecified atom stereocenters. The number of nitrogens with one attached hydrogen (secondary N) is 1. The van der Waals surface area contributed by atoms with Gasteiger partial charge in [0.15, 0.2) is 0 Å². The first-order chi connectivity index (χ1) is 12.3. The number of nitrogens with zero attached hydrogens (tertiary/aromatic N) is 2. The Kier molecular flexibility index (Phi) is 3.68.